The van der Waals surface area contributed by atoms with Crippen LogP contribution in [0.2, 0.25) is 0 Å². The second-order valence-electron chi connectivity index (χ2n) is 4.02. The second kappa shape index (κ2) is 8.72. The average Bonchev–Trinajstić information content (AvgIpc) is 2.55. The first-order valence-electron chi connectivity index (χ1n) is 6.08. The van der Waals surface area contributed by atoms with E-state index < -0.39 is 17.7 Å². The van der Waals surface area contributed by atoms with Gasteiger partial charge in [0.25, 0.3) is 0 Å². The predicted octanol–water partition coefficient (Wildman–Crippen LogP) is 4.51. The smallest absolute Gasteiger partial charge is 0.416 e. The molecule has 0 fully saturated rings. The normalized spacial score (nSPS) is 10.4. The monoisotopic (exact) mass is 423 g/mol. The van der Waals surface area contributed by atoms with Crippen LogP contribution in [-0.4, -0.2) is 15.9 Å². The lowest BCUT2D eigenvalue weighted by Gasteiger charge is -2.08. The molecule has 1 aromatic carbocycles. The van der Waals surface area contributed by atoms with Crippen LogP contribution in [0.15, 0.2) is 48.8 Å². The molecular formula is C15H13F3INO2. The zero-order valence-electron chi connectivity index (χ0n) is 11.6. The van der Waals surface area contributed by atoms with E-state index in [0.717, 1.165) is 12.1 Å². The van der Waals surface area contributed by atoms with Crippen molar-refractivity contribution in [3.63, 3.8) is 0 Å². The van der Waals surface area contributed by atoms with E-state index in [1.54, 1.807) is 18.3 Å². The van der Waals surface area contributed by atoms with Gasteiger partial charge in [-0.15, -0.1) is 0 Å². The highest BCUT2D eigenvalue weighted by Crippen LogP contribution is 2.29. The van der Waals surface area contributed by atoms with Gasteiger partial charge in [0.05, 0.1) is 11.1 Å². The molecule has 0 aliphatic rings. The molecule has 1 heterocycles. The number of hydrogen-bond acceptors (Lipinski definition) is 3. The summed E-state index contributed by atoms with van der Waals surface area (Å²) in [6.45, 7) is -0.0388. The number of rotatable bonds is 3. The summed E-state index contributed by atoms with van der Waals surface area (Å²) in [5.41, 5.74) is -0.357. The first-order chi connectivity index (χ1) is 10.5. The molecule has 0 saturated carbocycles. The van der Waals surface area contributed by atoms with Gasteiger partial charge in [-0.3, -0.25) is 4.98 Å². The van der Waals surface area contributed by atoms with Gasteiger partial charge in [-0.1, -0.05) is 34.7 Å². The molecule has 0 spiro atoms. The van der Waals surface area contributed by atoms with Crippen molar-refractivity contribution in [1.82, 2.24) is 4.98 Å². The van der Waals surface area contributed by atoms with Crippen LogP contribution < -0.4 is 0 Å². The van der Waals surface area contributed by atoms with Crippen molar-refractivity contribution in [2.45, 2.75) is 12.8 Å². The molecule has 22 heavy (non-hydrogen) atoms. The third-order valence-corrected chi connectivity index (χ3v) is 2.52. The fraction of sp³-hybridized carbons (Fsp3) is 0.200. The largest absolute Gasteiger partial charge is 0.457 e. The van der Waals surface area contributed by atoms with Gasteiger partial charge in [-0.05, 0) is 29.2 Å². The fourth-order valence-electron chi connectivity index (χ4n) is 1.54. The summed E-state index contributed by atoms with van der Waals surface area (Å²) in [7, 11) is 0. The summed E-state index contributed by atoms with van der Waals surface area (Å²) < 4.78 is 42.5. The van der Waals surface area contributed by atoms with Gasteiger partial charge >= 0.3 is 12.1 Å². The Labute approximate surface area is 139 Å². The standard InChI is InChI=1S/C14H10F3NO2.CH3I/c15-14(16,17)12-5-1-4-11(7-12)13(19)20-9-10-3-2-6-18-8-10;1-2/h1-8H,9H2;1H3. The number of halogens is 4. The number of ether oxygens (including phenoxy) is 1. The lowest BCUT2D eigenvalue weighted by molar-refractivity contribution is -0.137. The van der Waals surface area contributed by atoms with Crippen molar-refractivity contribution in [3.05, 3.63) is 65.5 Å². The summed E-state index contributed by atoms with van der Waals surface area (Å²) >= 11 is 2.15. The van der Waals surface area contributed by atoms with Crippen LogP contribution in [-0.2, 0) is 17.5 Å². The molecule has 118 valence electrons. The maximum atomic E-state index is 12.5. The van der Waals surface area contributed by atoms with Gasteiger partial charge < -0.3 is 4.74 Å². The number of hydrogen-bond donors (Lipinski definition) is 0. The van der Waals surface area contributed by atoms with E-state index >= 15 is 0 Å². The van der Waals surface area contributed by atoms with Crippen molar-refractivity contribution in [2.24, 2.45) is 0 Å². The topological polar surface area (TPSA) is 39.2 Å². The maximum absolute atomic E-state index is 12.5. The van der Waals surface area contributed by atoms with E-state index in [-0.39, 0.29) is 12.2 Å². The lowest BCUT2D eigenvalue weighted by atomic mass is 10.1. The molecule has 0 N–H and O–H groups in total. The van der Waals surface area contributed by atoms with Crippen molar-refractivity contribution in [2.75, 3.05) is 4.93 Å². The van der Waals surface area contributed by atoms with Crippen LogP contribution in [0.1, 0.15) is 21.5 Å². The molecule has 0 atom stereocenters. The van der Waals surface area contributed by atoms with Gasteiger partial charge in [0.2, 0.25) is 0 Å². The average molecular weight is 423 g/mol. The molecule has 0 saturated heterocycles. The lowest BCUT2D eigenvalue weighted by Crippen LogP contribution is -2.09. The second-order valence-corrected chi connectivity index (χ2v) is 4.02. The highest BCUT2D eigenvalue weighted by atomic mass is 127. The predicted molar refractivity (Wildman–Crippen MR) is 84.7 cm³/mol. The summed E-state index contributed by atoms with van der Waals surface area (Å²) in [4.78, 5) is 17.5. The van der Waals surface area contributed by atoms with Gasteiger partial charge in [0, 0.05) is 18.0 Å². The van der Waals surface area contributed by atoms with Gasteiger partial charge in [-0.25, -0.2) is 4.79 Å². The fourth-order valence-corrected chi connectivity index (χ4v) is 1.54. The molecule has 0 aliphatic heterocycles. The van der Waals surface area contributed by atoms with E-state index in [4.69, 9.17) is 4.74 Å². The van der Waals surface area contributed by atoms with Crippen LogP contribution in [0.5, 0.6) is 0 Å². The van der Waals surface area contributed by atoms with Gasteiger partial charge in [-0.2, -0.15) is 13.2 Å². The first kappa shape index (κ1) is 18.4. The summed E-state index contributed by atoms with van der Waals surface area (Å²) in [5, 5.41) is 0. The van der Waals surface area contributed by atoms with E-state index in [0.29, 0.717) is 5.56 Å². The van der Waals surface area contributed by atoms with E-state index in [9.17, 15) is 18.0 Å². The quantitative estimate of drug-likeness (QED) is 0.415. The molecule has 0 amide bonds. The first-order valence-corrected chi connectivity index (χ1v) is 8.23. The third-order valence-electron chi connectivity index (χ3n) is 2.52. The Morgan fingerprint density at radius 2 is 1.95 bits per heavy atom. The molecule has 1 aromatic heterocycles. The van der Waals surface area contributed by atoms with E-state index in [2.05, 4.69) is 27.6 Å². The van der Waals surface area contributed by atoms with Crippen molar-refractivity contribution in [1.29, 1.82) is 0 Å². The number of nitrogens with zero attached hydrogens (tertiary/aromatic N) is 1. The van der Waals surface area contributed by atoms with Crippen molar-refractivity contribution in [3.8, 4) is 0 Å². The number of esters is 1. The van der Waals surface area contributed by atoms with E-state index in [1.807, 2.05) is 4.93 Å². The number of carbonyl (C=O) groups is 1. The third kappa shape index (κ3) is 5.63. The van der Waals surface area contributed by atoms with Crippen LogP contribution in [0, 0.1) is 0 Å². The highest BCUT2D eigenvalue weighted by molar-refractivity contribution is 14.1. The summed E-state index contributed by atoms with van der Waals surface area (Å²) in [6, 6.07) is 7.49. The minimum Gasteiger partial charge on any atom is -0.457 e. The van der Waals surface area contributed by atoms with Gasteiger partial charge in [0.15, 0.2) is 0 Å². The van der Waals surface area contributed by atoms with Crippen LogP contribution >= 0.6 is 22.6 Å². The zero-order valence-corrected chi connectivity index (χ0v) is 13.8. The minimum atomic E-state index is -4.49. The van der Waals surface area contributed by atoms with Gasteiger partial charge in [0.1, 0.15) is 6.61 Å². The Balaban J connectivity index is 0.00000116. The van der Waals surface area contributed by atoms with Crippen LogP contribution in [0.3, 0.4) is 0 Å². The molecule has 0 aliphatic carbocycles. The Kier molecular flexibility index (Phi) is 7.30. The number of benzene rings is 1. The number of aromatic nitrogens is 1. The molecule has 3 nitrogen and oxygen atoms in total. The van der Waals surface area contributed by atoms with Crippen LogP contribution in [0.25, 0.3) is 0 Å². The zero-order chi connectivity index (χ0) is 16.6. The highest BCUT2D eigenvalue weighted by Gasteiger charge is 2.31. The molecule has 0 bridgehead atoms. The maximum Gasteiger partial charge on any atom is 0.416 e. The number of carbonyl (C=O) groups excluding carboxylic acids is 1. The Morgan fingerprint density at radius 1 is 1.23 bits per heavy atom. The Morgan fingerprint density at radius 3 is 2.55 bits per heavy atom. The number of alkyl halides is 4. The Hall–Kier alpha value is -1.64. The SMILES string of the molecule is CI.O=C(OCc1cccnc1)c1cccc(C(F)(F)F)c1. The molecule has 7 heteroatoms. The summed E-state index contributed by atoms with van der Waals surface area (Å²) in [5.74, 6) is -0.806. The molecule has 0 radical (unpaired) electrons. The van der Waals surface area contributed by atoms with Crippen molar-refractivity contribution < 1.29 is 22.7 Å². The van der Waals surface area contributed by atoms with Crippen LogP contribution in [0.4, 0.5) is 13.2 Å². The van der Waals surface area contributed by atoms with Crippen molar-refractivity contribution >= 4 is 28.6 Å². The Bertz CT molecular complexity index is 603. The number of pyridine rings is 1. The molecular weight excluding hydrogens is 410 g/mol. The molecule has 2 rings (SSSR count). The summed E-state index contributed by atoms with van der Waals surface area (Å²) in [6.07, 6.45) is -1.41. The van der Waals surface area contributed by atoms with E-state index in [1.165, 1.54) is 18.3 Å². The minimum absolute atomic E-state index is 0.0388. The molecule has 0 unspecified atom stereocenters. The molecule has 2 aromatic rings.